The average molecular weight is 623 g/mol. The van der Waals surface area contributed by atoms with Crippen molar-refractivity contribution in [1.29, 1.82) is 0 Å². The Kier molecular flexibility index (Phi) is 5.87. The number of anilines is 6. The molecule has 0 radical (unpaired) electrons. The van der Waals surface area contributed by atoms with E-state index in [-0.39, 0.29) is 70.8 Å². The Balaban J connectivity index is 1.22. The standard InChI is InChI=1S/C46H34N2/c1-4-15-40(16-5-1)47(41-17-6-2-7-18-41)43-31-27-37(28-32-43)35-23-25-36(26-24-35)38-29-33-44(34-30-38)48(42-19-8-3-9-20-42)46-22-12-14-39-13-10-11-21-45(39)46/h1-34H/i27D,28D,29D,30D,31D,32D,33D,34D. The van der Waals surface area contributed by atoms with E-state index in [1.165, 1.54) is 0 Å². The van der Waals surface area contributed by atoms with E-state index >= 15 is 0 Å². The van der Waals surface area contributed by atoms with Crippen LogP contribution in [-0.4, -0.2) is 0 Å². The Morgan fingerprint density at radius 1 is 0.292 bits per heavy atom. The summed E-state index contributed by atoms with van der Waals surface area (Å²) in [6.07, 6.45) is 0. The lowest BCUT2D eigenvalue weighted by Crippen LogP contribution is -2.10. The fourth-order valence-electron chi connectivity index (χ4n) is 5.86. The molecule has 0 aliphatic heterocycles. The molecule has 8 rings (SSSR count). The zero-order chi connectivity index (χ0) is 39.1. The first kappa shape index (κ1) is 21.4. The molecule has 0 N–H and O–H groups in total. The Morgan fingerprint density at radius 3 is 1.19 bits per heavy atom. The minimum Gasteiger partial charge on any atom is -0.311 e. The number of nitrogens with zero attached hydrogens (tertiary/aromatic N) is 2. The van der Waals surface area contributed by atoms with E-state index in [0.29, 0.717) is 33.9 Å². The Morgan fingerprint density at radius 2 is 0.688 bits per heavy atom. The third-order valence-electron chi connectivity index (χ3n) is 8.18. The lowest BCUT2D eigenvalue weighted by atomic mass is 9.99. The molecule has 48 heavy (non-hydrogen) atoms. The molecule has 228 valence electrons. The number of benzene rings is 8. The van der Waals surface area contributed by atoms with Crippen LogP contribution < -0.4 is 9.80 Å². The zero-order valence-electron chi connectivity index (χ0n) is 33.9. The molecule has 8 aromatic carbocycles. The smallest absolute Gasteiger partial charge is 0.0645 e. The maximum atomic E-state index is 9.29. The van der Waals surface area contributed by atoms with Gasteiger partial charge in [-0.3, -0.25) is 0 Å². The maximum Gasteiger partial charge on any atom is 0.0645 e. The summed E-state index contributed by atoms with van der Waals surface area (Å²) in [7, 11) is 0. The van der Waals surface area contributed by atoms with Crippen LogP contribution in [-0.2, 0) is 0 Å². The van der Waals surface area contributed by atoms with Crippen molar-refractivity contribution in [1.82, 2.24) is 0 Å². The number of para-hydroxylation sites is 3. The summed E-state index contributed by atoms with van der Waals surface area (Å²) in [5.41, 5.74) is 4.06. The number of hydrogen-bond donors (Lipinski definition) is 0. The predicted octanol–water partition coefficient (Wildman–Crippen LogP) is 13.1. The van der Waals surface area contributed by atoms with Crippen LogP contribution in [0.25, 0.3) is 33.0 Å². The minimum absolute atomic E-state index is 0.109. The molecule has 0 aliphatic carbocycles. The second-order valence-corrected chi connectivity index (χ2v) is 11.2. The molecule has 0 spiro atoms. The van der Waals surface area contributed by atoms with E-state index < -0.39 is 0 Å². The summed E-state index contributed by atoms with van der Waals surface area (Å²) in [6.45, 7) is 0. The fraction of sp³-hybridized carbons (Fsp3) is 0. The first-order valence-corrected chi connectivity index (χ1v) is 15.7. The van der Waals surface area contributed by atoms with Crippen molar-refractivity contribution in [3.63, 3.8) is 0 Å². The van der Waals surface area contributed by atoms with Gasteiger partial charge in [-0.1, -0.05) is 139 Å². The van der Waals surface area contributed by atoms with Crippen molar-refractivity contribution in [3.05, 3.63) is 206 Å². The van der Waals surface area contributed by atoms with E-state index in [9.17, 15) is 5.48 Å². The molecule has 8 aromatic rings. The molecular formula is C46H34N2. The molecule has 0 amide bonds. The van der Waals surface area contributed by atoms with Crippen LogP contribution >= 0.6 is 0 Å². The maximum absolute atomic E-state index is 9.29. The molecule has 0 atom stereocenters. The molecule has 0 heterocycles. The van der Waals surface area contributed by atoms with Crippen molar-refractivity contribution in [2.45, 2.75) is 0 Å². The second-order valence-electron chi connectivity index (χ2n) is 11.2. The van der Waals surface area contributed by atoms with Gasteiger partial charge in [-0.2, -0.15) is 0 Å². The lowest BCUT2D eigenvalue weighted by molar-refractivity contribution is 1.28. The highest BCUT2D eigenvalue weighted by molar-refractivity contribution is 5.99. The molecule has 0 unspecified atom stereocenters. The molecule has 0 bridgehead atoms. The molecule has 0 aromatic heterocycles. The molecule has 0 saturated heterocycles. The summed E-state index contributed by atoms with van der Waals surface area (Å²) in [4.78, 5) is 3.50. The minimum atomic E-state index is -0.217. The zero-order valence-corrected chi connectivity index (χ0v) is 25.9. The third-order valence-corrected chi connectivity index (χ3v) is 8.18. The van der Waals surface area contributed by atoms with Gasteiger partial charge < -0.3 is 9.80 Å². The molecule has 2 heteroatoms. The van der Waals surface area contributed by atoms with Crippen LogP contribution in [0.4, 0.5) is 34.1 Å². The first-order valence-electron chi connectivity index (χ1n) is 19.7. The van der Waals surface area contributed by atoms with Crippen LogP contribution in [0.15, 0.2) is 206 Å². The van der Waals surface area contributed by atoms with Crippen LogP contribution in [0, 0.1) is 0 Å². The lowest BCUT2D eigenvalue weighted by Gasteiger charge is -2.27. The van der Waals surface area contributed by atoms with Crippen LogP contribution in [0.3, 0.4) is 0 Å². The molecule has 0 aliphatic rings. The Labute approximate surface area is 293 Å². The number of fused-ring (bicyclic) bond motifs is 1. The summed E-state index contributed by atoms with van der Waals surface area (Å²) < 4.78 is 73.4. The number of hydrogen-bond acceptors (Lipinski definition) is 2. The largest absolute Gasteiger partial charge is 0.311 e. The van der Waals surface area contributed by atoms with Crippen molar-refractivity contribution < 1.29 is 11.0 Å². The topological polar surface area (TPSA) is 6.48 Å². The summed E-state index contributed by atoms with van der Waals surface area (Å²) >= 11 is 0. The van der Waals surface area contributed by atoms with Gasteiger partial charge in [-0.05, 0) is 94.3 Å². The average Bonchev–Trinajstić information content (AvgIpc) is 3.24. The second kappa shape index (κ2) is 13.2. The van der Waals surface area contributed by atoms with Crippen LogP contribution in [0.2, 0.25) is 0 Å². The van der Waals surface area contributed by atoms with E-state index in [2.05, 4.69) is 0 Å². The SMILES string of the molecule is [2H]c1c([2H])c(N(c2ccccc2)c2ccccc2)c([2H])c([2H])c1-c1ccc(-c2c([2H])c([2H])c(N(c3ccccc3)c3cccc4ccccc34)c([2H])c2[2H])cc1. The van der Waals surface area contributed by atoms with Gasteiger partial charge in [0.05, 0.1) is 16.7 Å². The van der Waals surface area contributed by atoms with Gasteiger partial charge in [0.2, 0.25) is 0 Å². The van der Waals surface area contributed by atoms with Crippen molar-refractivity contribution in [2.75, 3.05) is 9.80 Å². The van der Waals surface area contributed by atoms with E-state index in [1.54, 1.807) is 34.1 Å². The Hall–Kier alpha value is -6.38. The highest BCUT2D eigenvalue weighted by Gasteiger charge is 2.15. The molecule has 0 fully saturated rings. The highest BCUT2D eigenvalue weighted by atomic mass is 15.1. The molecule has 0 saturated carbocycles. The summed E-state index contributed by atoms with van der Waals surface area (Å²) in [5, 5.41) is 1.87. The van der Waals surface area contributed by atoms with Gasteiger partial charge in [0, 0.05) is 33.8 Å². The van der Waals surface area contributed by atoms with Crippen molar-refractivity contribution in [3.8, 4) is 22.3 Å². The van der Waals surface area contributed by atoms with E-state index in [1.807, 2.05) is 133 Å². The molecule has 2 nitrogen and oxygen atoms in total. The monoisotopic (exact) mass is 622 g/mol. The van der Waals surface area contributed by atoms with Gasteiger partial charge in [0.25, 0.3) is 0 Å². The number of rotatable bonds is 8. The fourth-order valence-corrected chi connectivity index (χ4v) is 5.86. The van der Waals surface area contributed by atoms with Crippen molar-refractivity contribution >= 4 is 44.9 Å². The van der Waals surface area contributed by atoms with Gasteiger partial charge in [-0.25, -0.2) is 0 Å². The Bertz CT molecular complexity index is 2620. The summed E-state index contributed by atoms with van der Waals surface area (Å²) in [5.74, 6) is 0. The molecular weight excluding hydrogens is 581 g/mol. The van der Waals surface area contributed by atoms with Gasteiger partial charge in [-0.15, -0.1) is 0 Å². The quantitative estimate of drug-likeness (QED) is 0.166. The van der Waals surface area contributed by atoms with Crippen molar-refractivity contribution in [2.24, 2.45) is 0 Å². The predicted molar refractivity (Wildman–Crippen MR) is 204 cm³/mol. The third kappa shape index (κ3) is 5.84. The normalized spacial score (nSPS) is 13.2. The van der Waals surface area contributed by atoms with E-state index in [0.717, 1.165) is 10.8 Å². The highest BCUT2D eigenvalue weighted by Crippen LogP contribution is 2.40. The van der Waals surface area contributed by atoms with Crippen LogP contribution in [0.1, 0.15) is 11.0 Å². The summed E-state index contributed by atoms with van der Waals surface area (Å²) in [6, 6.07) is 46.5. The van der Waals surface area contributed by atoms with Gasteiger partial charge in [0.1, 0.15) is 0 Å². The van der Waals surface area contributed by atoms with E-state index in [4.69, 9.17) is 5.48 Å². The first-order chi connectivity index (χ1) is 27.2. The van der Waals surface area contributed by atoms with Crippen LogP contribution in [0.5, 0.6) is 0 Å². The van der Waals surface area contributed by atoms with Gasteiger partial charge in [0.15, 0.2) is 0 Å². The van der Waals surface area contributed by atoms with Gasteiger partial charge >= 0.3 is 0 Å².